The molecule has 15 heavy (non-hydrogen) atoms. The molecule has 1 aromatic rings. The molecule has 1 aromatic heterocycles. The van der Waals surface area contributed by atoms with E-state index in [0.717, 1.165) is 0 Å². The van der Waals surface area contributed by atoms with Gasteiger partial charge >= 0.3 is 6.18 Å². The fourth-order valence-electron chi connectivity index (χ4n) is 0.693. The number of aromatic nitrogens is 2. The number of unbranched alkanes of at least 4 members (excludes halogenated alkanes) is 1. The highest BCUT2D eigenvalue weighted by Crippen LogP contribution is 2.34. The number of halogens is 3. The average molecular weight is 253 g/mol. The van der Waals surface area contributed by atoms with Crippen molar-refractivity contribution < 1.29 is 13.2 Å². The van der Waals surface area contributed by atoms with E-state index < -0.39 is 11.2 Å². The van der Waals surface area contributed by atoms with E-state index in [1.807, 2.05) is 6.07 Å². The van der Waals surface area contributed by atoms with Gasteiger partial charge in [-0.15, -0.1) is 10.2 Å². The Morgan fingerprint density at radius 3 is 2.67 bits per heavy atom. The molecule has 3 nitrogen and oxygen atoms in total. The second-order valence-electron chi connectivity index (χ2n) is 2.48. The minimum atomic E-state index is -4.41. The summed E-state index contributed by atoms with van der Waals surface area (Å²) in [6, 6.07) is 1.96. The van der Waals surface area contributed by atoms with Crippen LogP contribution in [-0.4, -0.2) is 16.0 Å². The van der Waals surface area contributed by atoms with E-state index in [2.05, 4.69) is 10.2 Å². The van der Waals surface area contributed by atoms with Crippen LogP contribution >= 0.6 is 23.1 Å². The van der Waals surface area contributed by atoms with Crippen LogP contribution in [0.15, 0.2) is 4.34 Å². The molecular weight excluding hydrogens is 247 g/mol. The third kappa shape index (κ3) is 4.05. The van der Waals surface area contributed by atoms with E-state index in [9.17, 15) is 13.2 Å². The monoisotopic (exact) mass is 253 g/mol. The van der Waals surface area contributed by atoms with Gasteiger partial charge in [0.05, 0.1) is 6.07 Å². The van der Waals surface area contributed by atoms with E-state index in [4.69, 9.17) is 5.26 Å². The predicted octanol–water partition coefficient (Wildman–Crippen LogP) is 2.95. The Morgan fingerprint density at radius 2 is 2.13 bits per heavy atom. The van der Waals surface area contributed by atoms with Crippen LogP contribution in [0.5, 0.6) is 0 Å². The van der Waals surface area contributed by atoms with Gasteiger partial charge in [-0.05, 0) is 6.42 Å². The zero-order valence-corrected chi connectivity index (χ0v) is 9.05. The molecule has 0 radical (unpaired) electrons. The number of hydrogen-bond acceptors (Lipinski definition) is 5. The van der Waals surface area contributed by atoms with Gasteiger partial charge in [0.1, 0.15) is 0 Å². The van der Waals surface area contributed by atoms with Crippen LogP contribution in [0.3, 0.4) is 0 Å². The van der Waals surface area contributed by atoms with Crippen LogP contribution in [-0.2, 0) is 6.18 Å². The van der Waals surface area contributed by atoms with Gasteiger partial charge < -0.3 is 0 Å². The molecule has 0 fully saturated rings. The summed E-state index contributed by atoms with van der Waals surface area (Å²) >= 11 is 1.72. The predicted molar refractivity (Wildman–Crippen MR) is 50.5 cm³/mol. The second-order valence-corrected chi connectivity index (χ2v) is 4.80. The molecular formula is C7H6F3N3S2. The molecule has 0 aromatic carbocycles. The number of thioether (sulfide) groups is 1. The van der Waals surface area contributed by atoms with Gasteiger partial charge in [0, 0.05) is 12.2 Å². The molecule has 0 aliphatic rings. The topological polar surface area (TPSA) is 49.6 Å². The Balaban J connectivity index is 2.44. The molecule has 0 aliphatic heterocycles. The first-order valence-electron chi connectivity index (χ1n) is 3.94. The quantitative estimate of drug-likeness (QED) is 0.611. The fraction of sp³-hybridized carbons (Fsp3) is 0.571. The maximum atomic E-state index is 12.1. The van der Waals surface area contributed by atoms with Crippen molar-refractivity contribution in [3.63, 3.8) is 0 Å². The molecule has 0 saturated carbocycles. The highest BCUT2D eigenvalue weighted by Gasteiger charge is 2.35. The second kappa shape index (κ2) is 5.32. The molecule has 0 N–H and O–H groups in total. The van der Waals surface area contributed by atoms with Gasteiger partial charge in [-0.25, -0.2) is 0 Å². The molecule has 0 spiro atoms. The van der Waals surface area contributed by atoms with Gasteiger partial charge in [0.25, 0.3) is 0 Å². The Bertz CT molecular complexity index is 355. The fourth-order valence-corrected chi connectivity index (χ4v) is 2.42. The number of nitrogens with zero attached hydrogens (tertiary/aromatic N) is 3. The van der Waals surface area contributed by atoms with Crippen LogP contribution in [0, 0.1) is 11.3 Å². The van der Waals surface area contributed by atoms with Gasteiger partial charge in [-0.3, -0.25) is 0 Å². The first-order valence-corrected chi connectivity index (χ1v) is 5.74. The van der Waals surface area contributed by atoms with Crippen molar-refractivity contribution in [3.05, 3.63) is 5.01 Å². The summed E-state index contributed by atoms with van der Waals surface area (Å²) in [5, 5.41) is 13.8. The zero-order chi connectivity index (χ0) is 11.3. The van der Waals surface area contributed by atoms with Gasteiger partial charge in [-0.2, -0.15) is 18.4 Å². The third-order valence-corrected chi connectivity index (χ3v) is 3.50. The van der Waals surface area contributed by atoms with E-state index in [1.54, 1.807) is 0 Å². The molecule has 1 rings (SSSR count). The Labute approximate surface area is 92.3 Å². The lowest BCUT2D eigenvalue weighted by molar-refractivity contribution is -0.138. The molecule has 8 heteroatoms. The summed E-state index contributed by atoms with van der Waals surface area (Å²) in [5.41, 5.74) is 0. The largest absolute Gasteiger partial charge is 0.445 e. The van der Waals surface area contributed by atoms with Crippen molar-refractivity contribution in [2.45, 2.75) is 23.4 Å². The Hall–Kier alpha value is -0.810. The maximum Gasteiger partial charge on any atom is 0.445 e. The van der Waals surface area contributed by atoms with E-state index in [-0.39, 0.29) is 0 Å². The normalized spacial score (nSPS) is 11.3. The number of alkyl halides is 3. The smallest absolute Gasteiger partial charge is 0.198 e. The average Bonchev–Trinajstić information content (AvgIpc) is 2.60. The summed E-state index contributed by atoms with van der Waals surface area (Å²) < 4.78 is 36.6. The van der Waals surface area contributed by atoms with Crippen molar-refractivity contribution in [3.8, 4) is 6.07 Å². The van der Waals surface area contributed by atoms with Crippen LogP contribution in [0.1, 0.15) is 17.8 Å². The minimum Gasteiger partial charge on any atom is -0.198 e. The van der Waals surface area contributed by atoms with Crippen molar-refractivity contribution in [1.82, 2.24) is 10.2 Å². The van der Waals surface area contributed by atoms with E-state index in [1.165, 1.54) is 11.8 Å². The van der Waals surface area contributed by atoms with Crippen molar-refractivity contribution >= 4 is 23.1 Å². The third-order valence-electron chi connectivity index (χ3n) is 1.31. The van der Waals surface area contributed by atoms with Crippen molar-refractivity contribution in [2.75, 3.05) is 5.75 Å². The lowest BCUT2D eigenvalue weighted by Crippen LogP contribution is -2.03. The summed E-state index contributed by atoms with van der Waals surface area (Å²) in [6.07, 6.45) is -3.37. The first-order chi connectivity index (χ1) is 7.04. The van der Waals surface area contributed by atoms with Gasteiger partial charge in [0.15, 0.2) is 4.34 Å². The number of nitriles is 1. The summed E-state index contributed by atoms with van der Waals surface area (Å²) in [4.78, 5) is 0. The van der Waals surface area contributed by atoms with Gasteiger partial charge in [-0.1, -0.05) is 23.1 Å². The number of hydrogen-bond donors (Lipinski definition) is 0. The summed E-state index contributed by atoms with van der Waals surface area (Å²) in [6.45, 7) is 0. The van der Waals surface area contributed by atoms with Crippen LogP contribution < -0.4 is 0 Å². The molecule has 0 atom stereocenters. The summed E-state index contributed by atoms with van der Waals surface area (Å²) in [5.74, 6) is 0.583. The standard InChI is InChI=1S/C7H6F3N3S2/c8-7(9,10)5-12-13-6(15-5)14-4-2-1-3-11/h1-2,4H2. The SMILES string of the molecule is N#CCCCSc1nnc(C(F)(F)F)s1. The Kier molecular flexibility index (Phi) is 4.35. The highest BCUT2D eigenvalue weighted by atomic mass is 32.2. The van der Waals surface area contributed by atoms with Crippen LogP contribution in [0.25, 0.3) is 0 Å². The van der Waals surface area contributed by atoms with Crippen LogP contribution in [0.2, 0.25) is 0 Å². The van der Waals surface area contributed by atoms with E-state index in [0.29, 0.717) is 34.3 Å². The van der Waals surface area contributed by atoms with Gasteiger partial charge in [0.2, 0.25) is 5.01 Å². The first kappa shape index (κ1) is 12.3. The zero-order valence-electron chi connectivity index (χ0n) is 7.41. The molecule has 0 bridgehead atoms. The lowest BCUT2D eigenvalue weighted by Gasteiger charge is -1.97. The molecule has 0 aliphatic carbocycles. The van der Waals surface area contributed by atoms with Crippen LogP contribution in [0.4, 0.5) is 13.2 Å². The van der Waals surface area contributed by atoms with Crippen molar-refractivity contribution in [2.24, 2.45) is 0 Å². The molecule has 0 unspecified atom stereocenters. The highest BCUT2D eigenvalue weighted by molar-refractivity contribution is 8.01. The molecule has 0 saturated heterocycles. The number of rotatable bonds is 4. The minimum absolute atomic E-state index is 0.292. The summed E-state index contributed by atoms with van der Waals surface area (Å²) in [7, 11) is 0. The molecule has 1 heterocycles. The van der Waals surface area contributed by atoms with Crippen molar-refractivity contribution in [1.29, 1.82) is 5.26 Å². The Morgan fingerprint density at radius 1 is 1.40 bits per heavy atom. The maximum absolute atomic E-state index is 12.1. The van der Waals surface area contributed by atoms with E-state index >= 15 is 0 Å². The lowest BCUT2D eigenvalue weighted by atomic mass is 10.4. The molecule has 0 amide bonds. The molecule has 82 valence electrons.